The third-order valence-corrected chi connectivity index (χ3v) is 5.72. The number of amides is 1. The molecule has 1 atom stereocenters. The van der Waals surface area contributed by atoms with E-state index in [1.807, 2.05) is 12.1 Å². The lowest BCUT2D eigenvalue weighted by Gasteiger charge is -2.36. The predicted octanol–water partition coefficient (Wildman–Crippen LogP) is 2.33. The van der Waals surface area contributed by atoms with Crippen molar-refractivity contribution < 1.29 is 9.18 Å². The van der Waals surface area contributed by atoms with Gasteiger partial charge in [0.25, 0.3) is 0 Å². The number of nitrogens with zero attached hydrogens (tertiary/aromatic N) is 3. The number of piperidine rings is 1. The minimum absolute atomic E-state index is 0.0639. The average molecular weight is 377 g/mol. The maximum atomic E-state index is 13.1. The molecule has 1 aromatic carbocycles. The molecule has 2 aliphatic heterocycles. The van der Waals surface area contributed by atoms with E-state index in [2.05, 4.69) is 26.9 Å². The van der Waals surface area contributed by atoms with E-state index in [1.165, 1.54) is 18.6 Å². The third-order valence-electron chi connectivity index (χ3n) is 5.72. The van der Waals surface area contributed by atoms with E-state index in [0.29, 0.717) is 6.54 Å². The second-order valence-corrected chi connectivity index (χ2v) is 7.64. The third kappa shape index (κ3) is 5.66. The molecule has 2 fully saturated rings. The van der Waals surface area contributed by atoms with Gasteiger partial charge in [-0.3, -0.25) is 14.6 Å². The van der Waals surface area contributed by atoms with Crippen molar-refractivity contribution in [1.82, 2.24) is 15.1 Å². The molecule has 3 rings (SSSR count). The van der Waals surface area contributed by atoms with Crippen LogP contribution in [-0.2, 0) is 4.79 Å². The van der Waals surface area contributed by atoms with Crippen molar-refractivity contribution in [2.75, 3.05) is 57.3 Å². The van der Waals surface area contributed by atoms with Gasteiger partial charge in [0.05, 0.1) is 6.04 Å². The lowest BCUT2D eigenvalue weighted by atomic mass is 10.0. The van der Waals surface area contributed by atoms with Gasteiger partial charge in [0, 0.05) is 45.0 Å². The van der Waals surface area contributed by atoms with Crippen LogP contribution in [0.5, 0.6) is 0 Å². The molecule has 0 radical (unpaired) electrons. The molecular weight excluding hydrogens is 343 g/mol. The molecule has 2 heterocycles. The summed E-state index contributed by atoms with van der Waals surface area (Å²) in [6.07, 6.45) is 4.45. The van der Waals surface area contributed by atoms with E-state index in [-0.39, 0.29) is 17.8 Å². The number of hydrogen-bond donors (Lipinski definition) is 1. The molecule has 1 amide bonds. The Morgan fingerprint density at radius 3 is 2.52 bits per heavy atom. The van der Waals surface area contributed by atoms with Gasteiger partial charge in [-0.1, -0.05) is 13.3 Å². The Kier molecular flexibility index (Phi) is 7.47. The Hall–Kier alpha value is -1.66. The molecule has 1 N–H and O–H groups in total. The summed E-state index contributed by atoms with van der Waals surface area (Å²) in [5.41, 5.74) is 1.08. The van der Waals surface area contributed by atoms with Crippen LogP contribution in [0.2, 0.25) is 0 Å². The highest BCUT2D eigenvalue weighted by molar-refractivity contribution is 5.81. The molecule has 27 heavy (non-hydrogen) atoms. The van der Waals surface area contributed by atoms with Crippen molar-refractivity contribution in [3.05, 3.63) is 30.1 Å². The van der Waals surface area contributed by atoms with Crippen LogP contribution in [-0.4, -0.2) is 74.1 Å². The largest absolute Gasteiger partial charge is 0.369 e. The van der Waals surface area contributed by atoms with Crippen molar-refractivity contribution in [2.24, 2.45) is 0 Å². The predicted molar refractivity (Wildman–Crippen MR) is 108 cm³/mol. The summed E-state index contributed by atoms with van der Waals surface area (Å²) >= 11 is 0. The quantitative estimate of drug-likeness (QED) is 0.793. The number of hydrogen-bond acceptors (Lipinski definition) is 4. The SMILES string of the molecule is CCCN1CCCCC1C(=O)NCCN1CCN(c2ccc(F)cc2)CC1. The van der Waals surface area contributed by atoms with Crippen LogP contribution in [0.4, 0.5) is 10.1 Å². The number of carbonyl (C=O) groups excluding carboxylic acids is 1. The number of benzene rings is 1. The van der Waals surface area contributed by atoms with E-state index in [0.717, 1.165) is 70.8 Å². The molecular formula is C21H33FN4O. The summed E-state index contributed by atoms with van der Waals surface area (Å²) in [5.74, 6) is 0.0108. The highest BCUT2D eigenvalue weighted by Crippen LogP contribution is 2.18. The molecule has 1 aromatic rings. The van der Waals surface area contributed by atoms with Gasteiger partial charge in [-0.05, 0) is 56.6 Å². The fourth-order valence-corrected chi connectivity index (χ4v) is 4.18. The van der Waals surface area contributed by atoms with Crippen LogP contribution < -0.4 is 10.2 Å². The van der Waals surface area contributed by atoms with Crippen LogP contribution in [0.3, 0.4) is 0 Å². The molecule has 6 heteroatoms. The van der Waals surface area contributed by atoms with Crippen molar-refractivity contribution in [3.63, 3.8) is 0 Å². The van der Waals surface area contributed by atoms with Crippen LogP contribution in [0.1, 0.15) is 32.6 Å². The molecule has 0 spiro atoms. The number of rotatable bonds is 7. The molecule has 0 saturated carbocycles. The highest BCUT2D eigenvalue weighted by atomic mass is 19.1. The molecule has 0 aliphatic carbocycles. The first-order valence-corrected chi connectivity index (χ1v) is 10.4. The zero-order valence-corrected chi connectivity index (χ0v) is 16.5. The smallest absolute Gasteiger partial charge is 0.237 e. The Morgan fingerprint density at radius 1 is 1.07 bits per heavy atom. The van der Waals surface area contributed by atoms with E-state index in [9.17, 15) is 9.18 Å². The van der Waals surface area contributed by atoms with Gasteiger partial charge >= 0.3 is 0 Å². The number of likely N-dealkylation sites (tertiary alicyclic amines) is 1. The van der Waals surface area contributed by atoms with E-state index in [4.69, 9.17) is 0 Å². The first-order chi connectivity index (χ1) is 13.2. The van der Waals surface area contributed by atoms with Crippen molar-refractivity contribution in [3.8, 4) is 0 Å². The number of nitrogens with one attached hydrogen (secondary N) is 1. The van der Waals surface area contributed by atoms with Gasteiger partial charge in [0.15, 0.2) is 0 Å². The second-order valence-electron chi connectivity index (χ2n) is 7.64. The fourth-order valence-electron chi connectivity index (χ4n) is 4.18. The number of piperazine rings is 1. The van der Waals surface area contributed by atoms with E-state index < -0.39 is 0 Å². The summed E-state index contributed by atoms with van der Waals surface area (Å²) in [6, 6.07) is 6.79. The topological polar surface area (TPSA) is 38.8 Å². The van der Waals surface area contributed by atoms with Crippen molar-refractivity contribution in [2.45, 2.75) is 38.6 Å². The average Bonchev–Trinajstić information content (AvgIpc) is 2.70. The van der Waals surface area contributed by atoms with Crippen LogP contribution in [0.25, 0.3) is 0 Å². The van der Waals surface area contributed by atoms with Gasteiger partial charge in [-0.2, -0.15) is 0 Å². The lowest BCUT2D eigenvalue weighted by Crippen LogP contribution is -2.52. The second kappa shape index (κ2) is 10.0. The first-order valence-electron chi connectivity index (χ1n) is 10.4. The Labute approximate surface area is 162 Å². The van der Waals surface area contributed by atoms with Crippen molar-refractivity contribution >= 4 is 11.6 Å². The molecule has 1 unspecified atom stereocenters. The fraction of sp³-hybridized carbons (Fsp3) is 0.667. The number of carbonyl (C=O) groups is 1. The maximum Gasteiger partial charge on any atom is 0.237 e. The molecule has 2 aliphatic rings. The zero-order valence-electron chi connectivity index (χ0n) is 16.5. The van der Waals surface area contributed by atoms with Gasteiger partial charge in [-0.15, -0.1) is 0 Å². The summed E-state index contributed by atoms with van der Waals surface area (Å²) < 4.78 is 13.1. The normalized spacial score (nSPS) is 22.0. The summed E-state index contributed by atoms with van der Waals surface area (Å²) in [4.78, 5) is 19.6. The van der Waals surface area contributed by atoms with E-state index in [1.54, 1.807) is 0 Å². The van der Waals surface area contributed by atoms with Gasteiger partial charge in [0.1, 0.15) is 5.82 Å². The number of anilines is 1. The van der Waals surface area contributed by atoms with Gasteiger partial charge < -0.3 is 10.2 Å². The minimum atomic E-state index is -0.191. The van der Waals surface area contributed by atoms with Gasteiger partial charge in [0.2, 0.25) is 5.91 Å². The summed E-state index contributed by atoms with van der Waals surface area (Å²) in [5, 5.41) is 3.16. The Balaban J connectivity index is 1.37. The first kappa shape index (κ1) is 20.1. The van der Waals surface area contributed by atoms with Gasteiger partial charge in [-0.25, -0.2) is 4.39 Å². The minimum Gasteiger partial charge on any atom is -0.369 e. The lowest BCUT2D eigenvalue weighted by molar-refractivity contribution is -0.127. The number of halogens is 1. The standard InChI is InChI=1S/C21H33FN4O/c1-2-11-26-12-4-3-5-20(26)21(27)23-10-13-24-14-16-25(17-15-24)19-8-6-18(22)7-9-19/h6-9,20H,2-5,10-17H2,1H3,(H,23,27). The molecule has 150 valence electrons. The summed E-state index contributed by atoms with van der Waals surface area (Å²) in [7, 11) is 0. The van der Waals surface area contributed by atoms with Crippen LogP contribution in [0, 0.1) is 5.82 Å². The summed E-state index contributed by atoms with van der Waals surface area (Å²) in [6.45, 7) is 9.67. The molecule has 2 saturated heterocycles. The zero-order chi connectivity index (χ0) is 19.1. The maximum absolute atomic E-state index is 13.1. The van der Waals surface area contributed by atoms with Crippen LogP contribution >= 0.6 is 0 Å². The molecule has 0 bridgehead atoms. The van der Waals surface area contributed by atoms with Crippen molar-refractivity contribution in [1.29, 1.82) is 0 Å². The van der Waals surface area contributed by atoms with Crippen LogP contribution in [0.15, 0.2) is 24.3 Å². The molecule has 5 nitrogen and oxygen atoms in total. The molecule has 0 aromatic heterocycles. The highest BCUT2D eigenvalue weighted by Gasteiger charge is 2.27. The Morgan fingerprint density at radius 2 is 1.81 bits per heavy atom. The Bertz CT molecular complexity index is 584. The monoisotopic (exact) mass is 376 g/mol. The van der Waals surface area contributed by atoms with E-state index >= 15 is 0 Å².